The van der Waals surface area contributed by atoms with E-state index in [-0.39, 0.29) is 12.1 Å². The van der Waals surface area contributed by atoms with Crippen LogP contribution >= 0.6 is 0 Å². The van der Waals surface area contributed by atoms with Gasteiger partial charge in [0.05, 0.1) is 11.5 Å². The number of carboxylic acid groups (broad SMARTS) is 1. The van der Waals surface area contributed by atoms with Gasteiger partial charge in [-0.05, 0) is 25.0 Å². The van der Waals surface area contributed by atoms with Crippen molar-refractivity contribution in [2.24, 2.45) is 5.41 Å². The van der Waals surface area contributed by atoms with Crippen LogP contribution in [0.25, 0.3) is 0 Å². The van der Waals surface area contributed by atoms with Gasteiger partial charge in [-0.2, -0.15) is 5.26 Å². The highest BCUT2D eigenvalue weighted by molar-refractivity contribution is 5.86. The molecule has 1 aromatic rings. The predicted octanol–water partition coefficient (Wildman–Crippen LogP) is 1.24. The molecule has 5 heteroatoms. The van der Waals surface area contributed by atoms with Gasteiger partial charge >= 0.3 is 5.97 Å². The number of nitrogens with zero attached hydrogens (tertiary/aromatic N) is 2. The molecule has 1 fully saturated rings. The second-order valence-corrected chi connectivity index (χ2v) is 4.41. The van der Waals surface area contributed by atoms with Crippen molar-refractivity contribution in [3.63, 3.8) is 0 Å². The van der Waals surface area contributed by atoms with Crippen LogP contribution in [0.2, 0.25) is 0 Å². The van der Waals surface area contributed by atoms with E-state index in [0.717, 1.165) is 19.3 Å². The van der Waals surface area contributed by atoms with E-state index in [1.165, 1.54) is 22.9 Å². The Balaban J connectivity index is 2.35. The maximum Gasteiger partial charge on any atom is 0.341 e. The highest BCUT2D eigenvalue weighted by atomic mass is 16.4. The van der Waals surface area contributed by atoms with Gasteiger partial charge in [-0.25, -0.2) is 4.79 Å². The Morgan fingerprint density at radius 1 is 1.59 bits per heavy atom. The number of rotatable bonds is 3. The molecular weight excluding hydrogens is 220 g/mol. The summed E-state index contributed by atoms with van der Waals surface area (Å²) in [6, 6.07) is 5.03. The third kappa shape index (κ3) is 1.94. The van der Waals surface area contributed by atoms with Gasteiger partial charge in [-0.1, -0.05) is 6.42 Å². The average Bonchev–Trinajstić information content (AvgIpc) is 2.25. The summed E-state index contributed by atoms with van der Waals surface area (Å²) in [5.41, 5.74) is -1.28. The van der Waals surface area contributed by atoms with Crippen LogP contribution in [0.1, 0.15) is 29.6 Å². The Morgan fingerprint density at radius 3 is 2.76 bits per heavy atom. The zero-order valence-corrected chi connectivity index (χ0v) is 9.22. The van der Waals surface area contributed by atoms with Crippen LogP contribution in [0.4, 0.5) is 0 Å². The minimum atomic E-state index is -1.23. The van der Waals surface area contributed by atoms with Crippen molar-refractivity contribution in [1.29, 1.82) is 5.26 Å². The second kappa shape index (κ2) is 4.06. The lowest BCUT2D eigenvalue weighted by Crippen LogP contribution is -2.37. The van der Waals surface area contributed by atoms with Gasteiger partial charge in [0.2, 0.25) is 0 Å². The van der Waals surface area contributed by atoms with E-state index in [9.17, 15) is 9.59 Å². The van der Waals surface area contributed by atoms with Gasteiger partial charge < -0.3 is 9.67 Å². The minimum absolute atomic E-state index is 0.250. The molecule has 1 saturated carbocycles. The fraction of sp³-hybridized carbons (Fsp3) is 0.417. The van der Waals surface area contributed by atoms with Gasteiger partial charge in [-0.15, -0.1) is 0 Å². The molecule has 0 amide bonds. The number of hydrogen-bond donors (Lipinski definition) is 1. The highest BCUT2D eigenvalue weighted by Crippen LogP contribution is 2.41. The molecule has 1 aromatic heterocycles. The molecule has 5 nitrogen and oxygen atoms in total. The van der Waals surface area contributed by atoms with Gasteiger partial charge in [0.1, 0.15) is 5.56 Å². The maximum atomic E-state index is 11.8. The molecule has 88 valence electrons. The zero-order valence-electron chi connectivity index (χ0n) is 9.22. The molecule has 1 aliphatic rings. The normalized spacial score (nSPS) is 16.9. The molecule has 1 aliphatic carbocycles. The first-order valence-corrected chi connectivity index (χ1v) is 5.42. The van der Waals surface area contributed by atoms with Gasteiger partial charge in [-0.3, -0.25) is 4.79 Å². The molecule has 0 aromatic carbocycles. The summed E-state index contributed by atoms with van der Waals surface area (Å²) in [5.74, 6) is -1.23. The Bertz CT molecular complexity index is 550. The maximum absolute atomic E-state index is 11.8. The van der Waals surface area contributed by atoms with E-state index in [1.54, 1.807) is 0 Å². The smallest absolute Gasteiger partial charge is 0.341 e. The number of aromatic carboxylic acids is 1. The quantitative estimate of drug-likeness (QED) is 0.849. The lowest BCUT2D eigenvalue weighted by molar-refractivity contribution is 0.0693. The number of carboxylic acids is 1. The standard InChI is InChI=1S/C12H12N2O3/c13-7-12(4-2-5-12)8-14-6-1-3-9(10(14)15)11(16)17/h1,3,6H,2,4-5,8H2,(H,16,17). The number of aromatic nitrogens is 1. The van der Waals surface area contributed by atoms with Crippen LogP contribution in [0.5, 0.6) is 0 Å². The molecule has 0 saturated heterocycles. The molecule has 17 heavy (non-hydrogen) atoms. The number of nitriles is 1. The summed E-state index contributed by atoms with van der Waals surface area (Å²) in [5, 5.41) is 17.9. The lowest BCUT2D eigenvalue weighted by Gasteiger charge is -2.35. The van der Waals surface area contributed by atoms with Crippen LogP contribution in [-0.4, -0.2) is 15.6 Å². The summed E-state index contributed by atoms with van der Waals surface area (Å²) in [6.07, 6.45) is 4.06. The Kier molecular flexibility index (Phi) is 2.72. The first-order chi connectivity index (χ1) is 8.08. The Morgan fingerprint density at radius 2 is 2.29 bits per heavy atom. The van der Waals surface area contributed by atoms with Crippen molar-refractivity contribution in [1.82, 2.24) is 4.57 Å². The molecule has 0 spiro atoms. The van der Waals surface area contributed by atoms with Gasteiger partial charge in [0.15, 0.2) is 0 Å². The largest absolute Gasteiger partial charge is 0.477 e. The summed E-state index contributed by atoms with van der Waals surface area (Å²) in [6.45, 7) is 0.281. The first-order valence-electron chi connectivity index (χ1n) is 5.42. The molecule has 0 radical (unpaired) electrons. The van der Waals surface area contributed by atoms with E-state index in [0.29, 0.717) is 0 Å². The summed E-state index contributed by atoms with van der Waals surface area (Å²) in [7, 11) is 0. The van der Waals surface area contributed by atoms with E-state index < -0.39 is 16.9 Å². The molecule has 0 atom stereocenters. The molecule has 2 rings (SSSR count). The van der Waals surface area contributed by atoms with E-state index >= 15 is 0 Å². The van der Waals surface area contributed by atoms with E-state index in [1.807, 2.05) is 0 Å². The lowest BCUT2D eigenvalue weighted by atomic mass is 9.70. The Hall–Kier alpha value is -2.09. The van der Waals surface area contributed by atoms with E-state index in [2.05, 4.69) is 6.07 Å². The Labute approximate surface area is 97.9 Å². The molecule has 0 aliphatic heterocycles. The molecule has 0 unspecified atom stereocenters. The van der Waals surface area contributed by atoms with Crippen LogP contribution in [-0.2, 0) is 6.54 Å². The average molecular weight is 232 g/mol. The molecule has 1 N–H and O–H groups in total. The number of hydrogen-bond acceptors (Lipinski definition) is 3. The monoisotopic (exact) mass is 232 g/mol. The first kappa shape index (κ1) is 11.4. The zero-order chi connectivity index (χ0) is 12.5. The van der Waals surface area contributed by atoms with Crippen molar-refractivity contribution in [3.8, 4) is 6.07 Å². The van der Waals surface area contributed by atoms with Crippen molar-refractivity contribution in [3.05, 3.63) is 34.2 Å². The fourth-order valence-electron chi connectivity index (χ4n) is 2.06. The third-order valence-corrected chi connectivity index (χ3v) is 3.27. The van der Waals surface area contributed by atoms with Crippen molar-refractivity contribution >= 4 is 5.97 Å². The SMILES string of the molecule is N#CC1(Cn2cccc(C(=O)O)c2=O)CCC1. The summed E-state index contributed by atoms with van der Waals surface area (Å²) < 4.78 is 1.33. The second-order valence-electron chi connectivity index (χ2n) is 4.41. The van der Waals surface area contributed by atoms with Crippen LogP contribution in [0, 0.1) is 16.7 Å². The van der Waals surface area contributed by atoms with Crippen molar-refractivity contribution < 1.29 is 9.90 Å². The number of pyridine rings is 1. The summed E-state index contributed by atoms with van der Waals surface area (Å²) >= 11 is 0. The number of carbonyl (C=O) groups is 1. The molecule has 0 bridgehead atoms. The van der Waals surface area contributed by atoms with Gasteiger partial charge in [0.25, 0.3) is 5.56 Å². The fourth-order valence-corrected chi connectivity index (χ4v) is 2.06. The van der Waals surface area contributed by atoms with Crippen LogP contribution in [0.15, 0.2) is 23.1 Å². The summed E-state index contributed by atoms with van der Waals surface area (Å²) in [4.78, 5) is 22.6. The minimum Gasteiger partial charge on any atom is -0.477 e. The van der Waals surface area contributed by atoms with Crippen molar-refractivity contribution in [2.45, 2.75) is 25.8 Å². The molecule has 1 heterocycles. The third-order valence-electron chi connectivity index (χ3n) is 3.27. The van der Waals surface area contributed by atoms with Crippen LogP contribution < -0.4 is 5.56 Å². The van der Waals surface area contributed by atoms with Crippen LogP contribution in [0.3, 0.4) is 0 Å². The highest BCUT2D eigenvalue weighted by Gasteiger charge is 2.37. The molecular formula is C12H12N2O3. The topological polar surface area (TPSA) is 83.1 Å². The predicted molar refractivity (Wildman–Crippen MR) is 59.6 cm³/mol. The van der Waals surface area contributed by atoms with Gasteiger partial charge in [0, 0.05) is 12.7 Å². The van der Waals surface area contributed by atoms with E-state index in [4.69, 9.17) is 10.4 Å². The van der Waals surface area contributed by atoms with Crippen molar-refractivity contribution in [2.75, 3.05) is 0 Å².